The number of hydrogen-bond acceptors (Lipinski definition) is 3. The minimum atomic E-state index is -3.91. The molecule has 5 nitrogen and oxygen atoms in total. The van der Waals surface area contributed by atoms with E-state index >= 15 is 0 Å². The number of hydrogen-bond donors (Lipinski definition) is 2. The van der Waals surface area contributed by atoms with E-state index in [0.717, 1.165) is 0 Å². The summed E-state index contributed by atoms with van der Waals surface area (Å²) in [7, 11) is 0. The van der Waals surface area contributed by atoms with Crippen LogP contribution in [0.4, 0.5) is 13.6 Å². The molecule has 0 saturated heterocycles. The Morgan fingerprint density at radius 2 is 1.60 bits per heavy atom. The van der Waals surface area contributed by atoms with Crippen LogP contribution in [0.2, 0.25) is 0 Å². The first-order chi connectivity index (χ1) is 8.65. The van der Waals surface area contributed by atoms with E-state index < -0.39 is 41.5 Å². The van der Waals surface area contributed by atoms with Crippen molar-refractivity contribution < 1.29 is 28.2 Å². The number of ether oxygens (including phenoxy) is 1. The molecule has 0 aliphatic carbocycles. The van der Waals surface area contributed by atoms with Gasteiger partial charge in [-0.15, -0.1) is 0 Å². The van der Waals surface area contributed by atoms with Crippen molar-refractivity contribution in [2.24, 2.45) is 5.41 Å². The first-order valence-corrected chi connectivity index (χ1v) is 6.26. The van der Waals surface area contributed by atoms with Crippen LogP contribution in [-0.2, 0) is 9.53 Å². The van der Waals surface area contributed by atoms with Crippen molar-refractivity contribution in [3.63, 3.8) is 0 Å². The van der Waals surface area contributed by atoms with Gasteiger partial charge in [0, 0.05) is 12.5 Å². The van der Waals surface area contributed by atoms with Gasteiger partial charge >= 0.3 is 18.0 Å². The first-order valence-electron chi connectivity index (χ1n) is 6.26. The quantitative estimate of drug-likeness (QED) is 0.836. The second-order valence-corrected chi connectivity index (χ2v) is 6.78. The van der Waals surface area contributed by atoms with Gasteiger partial charge in [-0.05, 0) is 26.2 Å². The van der Waals surface area contributed by atoms with Crippen LogP contribution < -0.4 is 5.32 Å². The van der Waals surface area contributed by atoms with Crippen molar-refractivity contribution in [1.82, 2.24) is 5.32 Å². The number of carbonyl (C=O) groups excluding carboxylic acids is 1. The molecule has 0 saturated carbocycles. The predicted octanol–water partition coefficient (Wildman–Crippen LogP) is 3.04. The molecule has 20 heavy (non-hydrogen) atoms. The summed E-state index contributed by atoms with van der Waals surface area (Å²) in [6, 6.07) is -1.04. The van der Waals surface area contributed by atoms with Crippen molar-refractivity contribution in [3.8, 4) is 0 Å². The fourth-order valence-corrected chi connectivity index (χ4v) is 1.37. The number of alkyl carbamates (subject to hydrolysis) is 1. The molecule has 0 aromatic rings. The van der Waals surface area contributed by atoms with E-state index in [1.165, 1.54) is 0 Å². The second-order valence-electron chi connectivity index (χ2n) is 6.78. The molecule has 1 atom stereocenters. The van der Waals surface area contributed by atoms with Crippen LogP contribution in [0.5, 0.6) is 0 Å². The minimum absolute atomic E-state index is 0.740. The van der Waals surface area contributed by atoms with Crippen LogP contribution in [-0.4, -0.2) is 34.7 Å². The van der Waals surface area contributed by atoms with Gasteiger partial charge in [0.05, 0.1) is 0 Å². The predicted molar refractivity (Wildman–Crippen MR) is 69.8 cm³/mol. The number of halogens is 2. The molecular weight excluding hydrogens is 272 g/mol. The number of aliphatic carboxylic acids is 1. The highest BCUT2D eigenvalue weighted by molar-refractivity contribution is 5.75. The number of carboxylic acids is 1. The maximum atomic E-state index is 13.3. The smallest absolute Gasteiger partial charge is 0.407 e. The summed E-state index contributed by atoms with van der Waals surface area (Å²) in [5.74, 6) is -6.12. The third-order valence-electron chi connectivity index (χ3n) is 2.51. The summed E-state index contributed by atoms with van der Waals surface area (Å²) in [5, 5.41) is 10.8. The molecule has 0 bridgehead atoms. The van der Waals surface area contributed by atoms with Gasteiger partial charge in [0.25, 0.3) is 0 Å². The molecule has 2 N–H and O–H groups in total. The molecule has 0 heterocycles. The van der Waals surface area contributed by atoms with Crippen LogP contribution in [0.1, 0.15) is 48.0 Å². The van der Waals surface area contributed by atoms with E-state index in [4.69, 9.17) is 9.84 Å². The lowest BCUT2D eigenvalue weighted by Gasteiger charge is -2.33. The lowest BCUT2D eigenvalue weighted by atomic mass is 9.83. The highest BCUT2D eigenvalue weighted by Crippen LogP contribution is 2.30. The van der Waals surface area contributed by atoms with Gasteiger partial charge in [0.1, 0.15) is 5.60 Å². The molecule has 0 fully saturated rings. The summed E-state index contributed by atoms with van der Waals surface area (Å²) in [6.45, 7) is 9.83. The van der Waals surface area contributed by atoms with Gasteiger partial charge in [-0.2, -0.15) is 8.78 Å². The SMILES string of the molecule is CC(C)(C)OC(=O)NC(CC(F)(F)C(=O)O)C(C)(C)C. The summed E-state index contributed by atoms with van der Waals surface area (Å²) >= 11 is 0. The maximum Gasteiger partial charge on any atom is 0.407 e. The van der Waals surface area contributed by atoms with Gasteiger partial charge in [0.15, 0.2) is 0 Å². The zero-order valence-electron chi connectivity index (χ0n) is 12.7. The standard InChI is InChI=1S/C13H23F2NO4/c1-11(2,3)8(7-13(14,15)9(17)18)16-10(19)20-12(4,5)6/h8H,7H2,1-6H3,(H,16,19)(H,17,18). The second kappa shape index (κ2) is 5.93. The van der Waals surface area contributed by atoms with Crippen molar-refractivity contribution in [1.29, 1.82) is 0 Å². The molecule has 0 aromatic heterocycles. The lowest BCUT2D eigenvalue weighted by molar-refractivity contribution is -0.167. The van der Waals surface area contributed by atoms with Crippen molar-refractivity contribution in [3.05, 3.63) is 0 Å². The largest absolute Gasteiger partial charge is 0.477 e. The molecule has 0 aliphatic heterocycles. The Morgan fingerprint density at radius 3 is 1.90 bits per heavy atom. The summed E-state index contributed by atoms with van der Waals surface area (Å²) in [5.41, 5.74) is -1.50. The molecule has 1 unspecified atom stereocenters. The van der Waals surface area contributed by atoms with E-state index in [1.807, 2.05) is 0 Å². The Morgan fingerprint density at radius 1 is 1.15 bits per heavy atom. The first kappa shape index (κ1) is 18.6. The van der Waals surface area contributed by atoms with E-state index in [1.54, 1.807) is 41.5 Å². The van der Waals surface area contributed by atoms with E-state index in [9.17, 15) is 18.4 Å². The van der Waals surface area contributed by atoms with Crippen LogP contribution in [0.15, 0.2) is 0 Å². The van der Waals surface area contributed by atoms with Crippen molar-refractivity contribution in [2.45, 2.75) is 65.5 Å². The van der Waals surface area contributed by atoms with E-state index in [2.05, 4.69) is 5.32 Å². The summed E-state index contributed by atoms with van der Waals surface area (Å²) in [4.78, 5) is 22.1. The zero-order valence-corrected chi connectivity index (χ0v) is 12.7. The monoisotopic (exact) mass is 295 g/mol. The van der Waals surface area contributed by atoms with Crippen LogP contribution in [0, 0.1) is 5.41 Å². The number of nitrogens with one attached hydrogen (secondary N) is 1. The van der Waals surface area contributed by atoms with Gasteiger partial charge in [-0.3, -0.25) is 0 Å². The van der Waals surface area contributed by atoms with Crippen molar-refractivity contribution in [2.75, 3.05) is 0 Å². The average molecular weight is 295 g/mol. The maximum absolute atomic E-state index is 13.3. The summed E-state index contributed by atoms with van der Waals surface area (Å²) in [6.07, 6.45) is -1.84. The fraction of sp³-hybridized carbons (Fsp3) is 0.846. The number of rotatable bonds is 4. The van der Waals surface area contributed by atoms with Crippen LogP contribution in [0.3, 0.4) is 0 Å². The molecular formula is C13H23F2NO4. The molecule has 0 aromatic carbocycles. The third-order valence-corrected chi connectivity index (χ3v) is 2.51. The molecule has 0 spiro atoms. The third kappa shape index (κ3) is 6.68. The van der Waals surface area contributed by atoms with Gasteiger partial charge < -0.3 is 15.2 Å². The molecule has 0 radical (unpaired) electrons. The Bertz CT molecular complexity index is 370. The lowest BCUT2D eigenvalue weighted by Crippen LogP contribution is -2.49. The van der Waals surface area contributed by atoms with Gasteiger partial charge in [-0.25, -0.2) is 9.59 Å². The van der Waals surface area contributed by atoms with Crippen LogP contribution >= 0.6 is 0 Å². The number of carboxylic acid groups (broad SMARTS) is 1. The highest BCUT2D eigenvalue weighted by Gasteiger charge is 2.44. The fourth-order valence-electron chi connectivity index (χ4n) is 1.37. The Kier molecular flexibility index (Phi) is 5.51. The van der Waals surface area contributed by atoms with Crippen LogP contribution in [0.25, 0.3) is 0 Å². The molecule has 1 amide bonds. The van der Waals surface area contributed by atoms with E-state index in [-0.39, 0.29) is 0 Å². The Balaban J connectivity index is 4.94. The van der Waals surface area contributed by atoms with Gasteiger partial charge in [0.2, 0.25) is 0 Å². The molecule has 7 heteroatoms. The van der Waals surface area contributed by atoms with Crippen molar-refractivity contribution >= 4 is 12.1 Å². The average Bonchev–Trinajstić information content (AvgIpc) is 2.10. The topological polar surface area (TPSA) is 75.6 Å². The summed E-state index contributed by atoms with van der Waals surface area (Å²) < 4.78 is 31.6. The number of amides is 1. The number of alkyl halides is 2. The zero-order chi connectivity index (χ0) is 16.4. The molecule has 118 valence electrons. The van der Waals surface area contributed by atoms with Gasteiger partial charge in [-0.1, -0.05) is 20.8 Å². The van der Waals surface area contributed by atoms with E-state index in [0.29, 0.717) is 0 Å². The minimum Gasteiger partial charge on any atom is -0.477 e. The Hall–Kier alpha value is -1.40. The normalized spacial score (nSPS) is 14.6. The molecule has 0 aliphatic rings. The highest BCUT2D eigenvalue weighted by atomic mass is 19.3. The number of carbonyl (C=O) groups is 2. The Labute approximate surface area is 117 Å². The molecule has 0 rings (SSSR count).